The Hall–Kier alpha value is -3.76. The molecule has 3 aromatic carbocycles. The maximum Gasteiger partial charge on any atom is 0.292 e. The van der Waals surface area contributed by atoms with Crippen LogP contribution in [0.3, 0.4) is 0 Å². The van der Waals surface area contributed by atoms with Crippen LogP contribution in [0.5, 0.6) is 11.5 Å². The molecule has 4 nitrogen and oxygen atoms in total. The summed E-state index contributed by atoms with van der Waals surface area (Å²) in [4.78, 5) is 0. The minimum absolute atomic E-state index is 0.583. The Kier molecular flexibility index (Phi) is 7.64. The lowest BCUT2D eigenvalue weighted by atomic mass is 9.96. The van der Waals surface area contributed by atoms with Crippen LogP contribution in [0.2, 0.25) is 0 Å². The third-order valence-electron chi connectivity index (χ3n) is 4.34. The SMILES string of the molecule is Cc1cc(C)c(Cc2ccc(OC#N)cc2)cc1C.N#COc1ccccc1. The number of benzene rings is 3. The van der Waals surface area contributed by atoms with Crippen molar-refractivity contribution in [3.63, 3.8) is 0 Å². The fourth-order valence-corrected chi connectivity index (χ4v) is 2.70. The second kappa shape index (κ2) is 10.4. The van der Waals surface area contributed by atoms with Crippen molar-refractivity contribution in [3.8, 4) is 24.0 Å². The monoisotopic (exact) mass is 370 g/mol. The van der Waals surface area contributed by atoms with Crippen LogP contribution in [0.25, 0.3) is 0 Å². The summed E-state index contributed by atoms with van der Waals surface area (Å²) in [6, 6.07) is 21.1. The van der Waals surface area contributed by atoms with Crippen molar-refractivity contribution in [2.24, 2.45) is 0 Å². The molecule has 4 heteroatoms. The molecule has 0 N–H and O–H groups in total. The number of para-hydroxylation sites is 1. The lowest BCUT2D eigenvalue weighted by molar-refractivity contribution is 0.507. The molecule has 0 saturated carbocycles. The first-order chi connectivity index (χ1) is 13.5. The fourth-order valence-electron chi connectivity index (χ4n) is 2.70. The van der Waals surface area contributed by atoms with Crippen molar-refractivity contribution in [3.05, 3.63) is 94.5 Å². The quantitative estimate of drug-likeness (QED) is 0.560. The molecular formula is C24H22N2O2. The van der Waals surface area contributed by atoms with Gasteiger partial charge in [0.25, 0.3) is 12.5 Å². The molecule has 0 aliphatic rings. The zero-order chi connectivity index (χ0) is 20.4. The second-order valence-electron chi connectivity index (χ2n) is 6.38. The highest BCUT2D eigenvalue weighted by Crippen LogP contribution is 2.20. The Morgan fingerprint density at radius 1 is 0.679 bits per heavy atom. The Morgan fingerprint density at radius 3 is 1.79 bits per heavy atom. The number of rotatable bonds is 4. The maximum atomic E-state index is 8.44. The number of hydrogen-bond acceptors (Lipinski definition) is 4. The van der Waals surface area contributed by atoms with E-state index in [1.165, 1.54) is 27.8 Å². The summed E-state index contributed by atoms with van der Waals surface area (Å²) in [5, 5.41) is 16.5. The van der Waals surface area contributed by atoms with Gasteiger partial charge in [0.15, 0.2) is 0 Å². The molecule has 0 aliphatic heterocycles. The van der Waals surface area contributed by atoms with Gasteiger partial charge in [-0.1, -0.05) is 42.5 Å². The number of nitrogens with zero attached hydrogens (tertiary/aromatic N) is 2. The average Bonchev–Trinajstić information content (AvgIpc) is 2.69. The smallest absolute Gasteiger partial charge is 0.292 e. The van der Waals surface area contributed by atoms with Crippen LogP contribution in [0.1, 0.15) is 27.8 Å². The summed E-state index contributed by atoms with van der Waals surface area (Å²) < 4.78 is 9.29. The summed E-state index contributed by atoms with van der Waals surface area (Å²) in [7, 11) is 0. The van der Waals surface area contributed by atoms with Crippen LogP contribution in [0.15, 0.2) is 66.7 Å². The molecule has 0 aromatic heterocycles. The molecule has 0 amide bonds. The Bertz CT molecular complexity index is 982. The Labute approximate surface area is 166 Å². The molecule has 0 saturated heterocycles. The minimum atomic E-state index is 0.583. The van der Waals surface area contributed by atoms with E-state index in [-0.39, 0.29) is 0 Å². The number of hydrogen-bond donors (Lipinski definition) is 0. The van der Waals surface area contributed by atoms with E-state index in [9.17, 15) is 0 Å². The van der Waals surface area contributed by atoms with Crippen LogP contribution in [-0.4, -0.2) is 0 Å². The van der Waals surface area contributed by atoms with Crippen molar-refractivity contribution < 1.29 is 9.47 Å². The Balaban J connectivity index is 0.000000261. The maximum absolute atomic E-state index is 8.44. The molecule has 3 aromatic rings. The third kappa shape index (κ3) is 6.20. The number of nitriles is 2. The molecule has 0 spiro atoms. The Morgan fingerprint density at radius 2 is 1.21 bits per heavy atom. The largest absolute Gasteiger partial charge is 0.388 e. The van der Waals surface area contributed by atoms with Crippen molar-refractivity contribution in [1.29, 1.82) is 10.5 Å². The first-order valence-corrected chi connectivity index (χ1v) is 8.86. The minimum Gasteiger partial charge on any atom is -0.388 e. The van der Waals surface area contributed by atoms with Crippen LogP contribution >= 0.6 is 0 Å². The van der Waals surface area contributed by atoms with E-state index >= 15 is 0 Å². The lowest BCUT2D eigenvalue weighted by Gasteiger charge is -2.10. The molecular weight excluding hydrogens is 348 g/mol. The van der Waals surface area contributed by atoms with E-state index in [1.807, 2.05) is 42.5 Å². The first kappa shape index (κ1) is 20.6. The molecule has 3 rings (SSSR count). The van der Waals surface area contributed by atoms with Gasteiger partial charge in [-0.05, 0) is 79.3 Å². The van der Waals surface area contributed by atoms with Gasteiger partial charge in [0.1, 0.15) is 11.5 Å². The average molecular weight is 370 g/mol. The normalized spacial score (nSPS) is 9.32. The standard InChI is InChI=1S/C17H17NO.C7H5NO/c1-12-8-14(3)16(9-13(12)2)10-15-4-6-17(7-5-15)19-11-18;8-6-9-7-4-2-1-3-5-7/h4-9H,10H2,1-3H3;1-5H. The van der Waals surface area contributed by atoms with Crippen LogP contribution in [0.4, 0.5) is 0 Å². The molecule has 0 bridgehead atoms. The van der Waals surface area contributed by atoms with Gasteiger partial charge in [-0.15, -0.1) is 10.5 Å². The van der Waals surface area contributed by atoms with Gasteiger partial charge in [0.2, 0.25) is 0 Å². The van der Waals surface area contributed by atoms with E-state index in [4.69, 9.17) is 15.3 Å². The first-order valence-electron chi connectivity index (χ1n) is 8.86. The molecule has 140 valence electrons. The third-order valence-corrected chi connectivity index (χ3v) is 4.34. The molecule has 0 fully saturated rings. The summed E-state index contributed by atoms with van der Waals surface area (Å²) >= 11 is 0. The lowest BCUT2D eigenvalue weighted by Crippen LogP contribution is -1.95. The van der Waals surface area contributed by atoms with E-state index in [1.54, 1.807) is 24.6 Å². The predicted molar refractivity (Wildman–Crippen MR) is 109 cm³/mol. The molecule has 28 heavy (non-hydrogen) atoms. The van der Waals surface area contributed by atoms with Gasteiger partial charge in [0.05, 0.1) is 0 Å². The van der Waals surface area contributed by atoms with E-state index in [2.05, 4.69) is 37.6 Å². The van der Waals surface area contributed by atoms with Gasteiger partial charge in [-0.3, -0.25) is 0 Å². The summed E-state index contributed by atoms with van der Waals surface area (Å²) in [6.45, 7) is 6.43. The van der Waals surface area contributed by atoms with Crippen molar-refractivity contribution in [1.82, 2.24) is 0 Å². The number of aryl methyl sites for hydroxylation is 3. The highest BCUT2D eigenvalue weighted by molar-refractivity contribution is 5.40. The van der Waals surface area contributed by atoms with Crippen LogP contribution in [-0.2, 0) is 6.42 Å². The topological polar surface area (TPSA) is 66.0 Å². The van der Waals surface area contributed by atoms with E-state index in [0.717, 1.165) is 6.42 Å². The zero-order valence-corrected chi connectivity index (χ0v) is 16.3. The molecule has 0 aliphatic carbocycles. The van der Waals surface area contributed by atoms with Gasteiger partial charge in [0, 0.05) is 0 Å². The van der Waals surface area contributed by atoms with Crippen molar-refractivity contribution in [2.75, 3.05) is 0 Å². The van der Waals surface area contributed by atoms with Crippen LogP contribution in [0, 0.1) is 43.8 Å². The van der Waals surface area contributed by atoms with Gasteiger partial charge in [-0.25, -0.2) is 0 Å². The highest BCUT2D eigenvalue weighted by atomic mass is 16.5. The van der Waals surface area contributed by atoms with Gasteiger partial charge in [-0.2, -0.15) is 0 Å². The van der Waals surface area contributed by atoms with E-state index in [0.29, 0.717) is 11.5 Å². The summed E-state index contributed by atoms with van der Waals surface area (Å²) in [5.41, 5.74) is 6.54. The zero-order valence-electron chi connectivity index (χ0n) is 16.3. The predicted octanol–water partition coefficient (Wildman–Crippen LogP) is 5.61. The molecule has 0 heterocycles. The van der Waals surface area contributed by atoms with Gasteiger partial charge < -0.3 is 9.47 Å². The second-order valence-corrected chi connectivity index (χ2v) is 6.38. The van der Waals surface area contributed by atoms with Crippen LogP contribution < -0.4 is 9.47 Å². The molecule has 0 unspecified atom stereocenters. The fraction of sp³-hybridized carbons (Fsp3) is 0.167. The van der Waals surface area contributed by atoms with Crippen molar-refractivity contribution >= 4 is 0 Å². The van der Waals surface area contributed by atoms with E-state index < -0.39 is 0 Å². The highest BCUT2D eigenvalue weighted by Gasteiger charge is 2.04. The molecule has 0 radical (unpaired) electrons. The number of ether oxygens (including phenoxy) is 2. The molecule has 0 atom stereocenters. The van der Waals surface area contributed by atoms with Crippen molar-refractivity contribution in [2.45, 2.75) is 27.2 Å². The summed E-state index contributed by atoms with van der Waals surface area (Å²) in [6.07, 6.45) is 4.16. The van der Waals surface area contributed by atoms with Gasteiger partial charge >= 0.3 is 0 Å². The summed E-state index contributed by atoms with van der Waals surface area (Å²) in [5.74, 6) is 1.17.